The van der Waals surface area contributed by atoms with Crippen LogP contribution < -0.4 is 20.2 Å². The van der Waals surface area contributed by atoms with Gasteiger partial charge in [-0.2, -0.15) is 5.10 Å². The van der Waals surface area contributed by atoms with E-state index in [0.717, 1.165) is 5.56 Å². The zero-order valence-corrected chi connectivity index (χ0v) is 20.2. The average Bonchev–Trinajstić information content (AvgIpc) is 2.81. The van der Waals surface area contributed by atoms with Crippen molar-refractivity contribution in [1.82, 2.24) is 5.43 Å². The van der Waals surface area contributed by atoms with Crippen molar-refractivity contribution in [2.45, 2.75) is 13.5 Å². The van der Waals surface area contributed by atoms with E-state index < -0.39 is 11.8 Å². The number of carbonyl (C=O) groups is 2. The van der Waals surface area contributed by atoms with Gasteiger partial charge in [-0.05, 0) is 66.6 Å². The number of hydrogen-bond donors (Lipinski definition) is 2. The highest BCUT2D eigenvalue weighted by Gasteiger charge is 2.13. The second-order valence-corrected chi connectivity index (χ2v) is 8.09. The molecule has 2 N–H and O–H groups in total. The van der Waals surface area contributed by atoms with Crippen molar-refractivity contribution in [3.8, 4) is 11.5 Å². The Morgan fingerprint density at radius 3 is 2.47 bits per heavy atom. The van der Waals surface area contributed by atoms with E-state index in [2.05, 4.69) is 15.8 Å². The number of nitrogens with zero attached hydrogens (tertiary/aromatic N) is 1. The molecular weight excluding hydrogens is 501 g/mol. The maximum absolute atomic E-state index is 12.0. The molecule has 0 aliphatic heterocycles. The molecule has 0 aliphatic rings. The number of anilines is 1. The first-order valence-corrected chi connectivity index (χ1v) is 11.2. The summed E-state index contributed by atoms with van der Waals surface area (Å²) >= 11 is 17.9. The van der Waals surface area contributed by atoms with Gasteiger partial charge < -0.3 is 14.8 Å². The molecule has 0 heterocycles. The maximum atomic E-state index is 12.0. The number of amides is 2. The number of rotatable bonds is 8. The molecule has 3 rings (SSSR count). The smallest absolute Gasteiger partial charge is 0.329 e. The van der Waals surface area contributed by atoms with Gasteiger partial charge in [0.15, 0.2) is 11.5 Å². The van der Waals surface area contributed by atoms with E-state index in [0.29, 0.717) is 44.4 Å². The highest BCUT2D eigenvalue weighted by Crippen LogP contribution is 2.30. The van der Waals surface area contributed by atoms with Crippen molar-refractivity contribution < 1.29 is 19.1 Å². The second kappa shape index (κ2) is 12.3. The van der Waals surface area contributed by atoms with Crippen molar-refractivity contribution in [2.75, 3.05) is 11.9 Å². The Labute approximate surface area is 211 Å². The van der Waals surface area contributed by atoms with Crippen LogP contribution in [-0.2, 0) is 16.2 Å². The average molecular weight is 521 g/mol. The monoisotopic (exact) mass is 519 g/mol. The van der Waals surface area contributed by atoms with Crippen LogP contribution in [0.5, 0.6) is 11.5 Å². The quantitative estimate of drug-likeness (QED) is 0.226. The highest BCUT2D eigenvalue weighted by atomic mass is 35.5. The van der Waals surface area contributed by atoms with Crippen LogP contribution in [0.25, 0.3) is 0 Å². The lowest BCUT2D eigenvalue weighted by atomic mass is 10.2. The largest absolute Gasteiger partial charge is 0.490 e. The van der Waals surface area contributed by atoms with Crippen molar-refractivity contribution in [2.24, 2.45) is 5.10 Å². The minimum Gasteiger partial charge on any atom is -0.490 e. The maximum Gasteiger partial charge on any atom is 0.329 e. The molecule has 0 radical (unpaired) electrons. The molecule has 2 amide bonds. The highest BCUT2D eigenvalue weighted by molar-refractivity contribution is 6.42. The van der Waals surface area contributed by atoms with Gasteiger partial charge >= 0.3 is 11.8 Å². The molecule has 0 bridgehead atoms. The Balaban J connectivity index is 1.60. The fourth-order valence-electron chi connectivity index (χ4n) is 2.75. The van der Waals surface area contributed by atoms with Gasteiger partial charge in [-0.1, -0.05) is 46.9 Å². The molecule has 34 heavy (non-hydrogen) atoms. The Bertz CT molecular complexity index is 1220. The standard InChI is InChI=1S/C24H20Cl3N3O4/c1-2-33-22-11-15(7-9-21(22)34-14-16-6-8-19(26)20(27)10-16)13-28-30-24(32)23(31)29-18-5-3-4-17(25)12-18/h3-13H,2,14H2,1H3,(H,29,31)(H,30,32)/b28-13-. The summed E-state index contributed by atoms with van der Waals surface area (Å²) in [5.74, 6) is -0.783. The normalized spacial score (nSPS) is 10.7. The predicted molar refractivity (Wildman–Crippen MR) is 134 cm³/mol. The summed E-state index contributed by atoms with van der Waals surface area (Å²) in [6.45, 7) is 2.54. The molecule has 176 valence electrons. The van der Waals surface area contributed by atoms with Gasteiger partial charge in [-0.3, -0.25) is 9.59 Å². The van der Waals surface area contributed by atoms with E-state index in [1.807, 2.05) is 13.0 Å². The number of nitrogens with one attached hydrogen (secondary N) is 2. The predicted octanol–water partition coefficient (Wildman–Crippen LogP) is 5.71. The summed E-state index contributed by atoms with van der Waals surface area (Å²) in [4.78, 5) is 24.0. The van der Waals surface area contributed by atoms with Gasteiger partial charge in [-0.15, -0.1) is 0 Å². The summed E-state index contributed by atoms with van der Waals surface area (Å²) in [7, 11) is 0. The molecule has 10 heteroatoms. The molecule has 0 saturated carbocycles. The summed E-state index contributed by atoms with van der Waals surface area (Å²) in [6, 6.07) is 16.9. The van der Waals surface area contributed by atoms with Crippen molar-refractivity contribution in [3.63, 3.8) is 0 Å². The van der Waals surface area contributed by atoms with Gasteiger partial charge in [0.2, 0.25) is 0 Å². The zero-order chi connectivity index (χ0) is 24.5. The molecule has 0 saturated heterocycles. The first kappa shape index (κ1) is 25.4. The van der Waals surface area contributed by atoms with Crippen LogP contribution in [0.1, 0.15) is 18.1 Å². The molecule has 0 unspecified atom stereocenters. The van der Waals surface area contributed by atoms with Crippen LogP contribution in [0, 0.1) is 0 Å². The number of ether oxygens (including phenoxy) is 2. The van der Waals surface area contributed by atoms with Crippen LogP contribution in [0.2, 0.25) is 15.1 Å². The van der Waals surface area contributed by atoms with Crippen LogP contribution in [0.15, 0.2) is 65.8 Å². The zero-order valence-electron chi connectivity index (χ0n) is 18.0. The molecule has 3 aromatic carbocycles. The van der Waals surface area contributed by atoms with Crippen LogP contribution in [0.4, 0.5) is 5.69 Å². The molecule has 0 aromatic heterocycles. The minimum atomic E-state index is -0.928. The molecule has 3 aromatic rings. The van der Waals surface area contributed by atoms with Crippen LogP contribution in [-0.4, -0.2) is 24.6 Å². The molecule has 0 fully saturated rings. The molecular formula is C24H20Cl3N3O4. The minimum absolute atomic E-state index is 0.266. The fraction of sp³-hybridized carbons (Fsp3) is 0.125. The van der Waals surface area contributed by atoms with Gasteiger partial charge in [0.05, 0.1) is 22.9 Å². The number of carbonyl (C=O) groups excluding carboxylic acids is 2. The summed E-state index contributed by atoms with van der Waals surface area (Å²) in [5, 5.41) is 7.62. The third-order valence-electron chi connectivity index (χ3n) is 4.31. The summed E-state index contributed by atoms with van der Waals surface area (Å²) < 4.78 is 11.5. The topological polar surface area (TPSA) is 89.0 Å². The summed E-state index contributed by atoms with van der Waals surface area (Å²) in [5.41, 5.74) is 4.05. The fourth-order valence-corrected chi connectivity index (χ4v) is 3.26. The first-order chi connectivity index (χ1) is 16.4. The molecule has 0 atom stereocenters. The lowest BCUT2D eigenvalue weighted by Gasteiger charge is -2.13. The van der Waals surface area contributed by atoms with Crippen LogP contribution in [0.3, 0.4) is 0 Å². The molecule has 0 spiro atoms. The van der Waals surface area contributed by atoms with E-state index in [1.54, 1.807) is 48.5 Å². The van der Waals surface area contributed by atoms with Crippen molar-refractivity contribution >= 4 is 58.5 Å². The summed E-state index contributed by atoms with van der Waals surface area (Å²) in [6.07, 6.45) is 1.38. The molecule has 7 nitrogen and oxygen atoms in total. The SMILES string of the molecule is CCOc1cc(/C=N\NC(=O)C(=O)Nc2cccc(Cl)c2)ccc1OCc1ccc(Cl)c(Cl)c1. The number of hydrogen-bond acceptors (Lipinski definition) is 5. The van der Waals surface area contributed by atoms with Gasteiger partial charge in [-0.25, -0.2) is 5.43 Å². The van der Waals surface area contributed by atoms with E-state index in [4.69, 9.17) is 44.3 Å². The molecule has 0 aliphatic carbocycles. The second-order valence-electron chi connectivity index (χ2n) is 6.84. The Morgan fingerprint density at radius 1 is 0.912 bits per heavy atom. The van der Waals surface area contributed by atoms with E-state index in [-0.39, 0.29) is 6.61 Å². The van der Waals surface area contributed by atoms with E-state index in [1.165, 1.54) is 12.3 Å². The van der Waals surface area contributed by atoms with Crippen molar-refractivity contribution in [1.29, 1.82) is 0 Å². The van der Waals surface area contributed by atoms with Gasteiger partial charge in [0.25, 0.3) is 0 Å². The van der Waals surface area contributed by atoms with E-state index in [9.17, 15) is 9.59 Å². The Hall–Kier alpha value is -3.26. The van der Waals surface area contributed by atoms with Crippen LogP contribution >= 0.6 is 34.8 Å². The lowest BCUT2D eigenvalue weighted by Crippen LogP contribution is -2.32. The van der Waals surface area contributed by atoms with E-state index >= 15 is 0 Å². The van der Waals surface area contributed by atoms with Crippen molar-refractivity contribution in [3.05, 3.63) is 86.9 Å². The number of benzene rings is 3. The third kappa shape index (κ3) is 7.38. The van der Waals surface area contributed by atoms with Gasteiger partial charge in [0, 0.05) is 10.7 Å². The first-order valence-electron chi connectivity index (χ1n) is 10.1. The third-order valence-corrected chi connectivity index (χ3v) is 5.29. The number of halogens is 3. The number of hydrazone groups is 1. The lowest BCUT2D eigenvalue weighted by molar-refractivity contribution is -0.136. The Morgan fingerprint density at radius 2 is 1.74 bits per heavy atom. The van der Waals surface area contributed by atoms with Gasteiger partial charge in [0.1, 0.15) is 6.61 Å². The Kier molecular flexibility index (Phi) is 9.16.